The van der Waals surface area contributed by atoms with Gasteiger partial charge in [-0.05, 0) is 71.4 Å². The molecule has 0 N–H and O–H groups in total. The number of hydrogen-bond donors (Lipinski definition) is 0. The Balaban J connectivity index is 1.44. The average Bonchev–Trinajstić information content (AvgIpc) is 2.92. The summed E-state index contributed by atoms with van der Waals surface area (Å²) in [5.41, 5.74) is 0.605. The molecular weight excluding hydrogens is 328 g/mol. The fourth-order valence-electron chi connectivity index (χ4n) is 5.45. The molecule has 0 aromatic heterocycles. The van der Waals surface area contributed by atoms with Crippen LogP contribution in [-0.4, -0.2) is 59.5 Å². The highest BCUT2D eigenvalue weighted by molar-refractivity contribution is 6.07. The van der Waals surface area contributed by atoms with Gasteiger partial charge in [-0.15, -0.1) is 0 Å². The van der Waals surface area contributed by atoms with Crippen molar-refractivity contribution >= 4 is 11.9 Å². The summed E-state index contributed by atoms with van der Waals surface area (Å²) in [5.74, 6) is -0.217. The third-order valence-corrected chi connectivity index (χ3v) is 6.96. The zero-order valence-corrected chi connectivity index (χ0v) is 16.1. The Kier molecular flexibility index (Phi) is 5.09. The molecule has 3 fully saturated rings. The lowest BCUT2D eigenvalue weighted by Gasteiger charge is -2.41. The lowest BCUT2D eigenvalue weighted by atomic mass is 9.78. The smallest absolute Gasteiger partial charge is 0.335 e. The number of nitrogens with zero attached hydrogens (tertiary/aromatic N) is 2. The summed E-state index contributed by atoms with van der Waals surface area (Å²) in [5, 5.41) is 0. The Hall–Kier alpha value is -1.36. The van der Waals surface area contributed by atoms with Gasteiger partial charge in [0.2, 0.25) is 0 Å². The van der Waals surface area contributed by atoms with Crippen molar-refractivity contribution in [2.75, 3.05) is 26.2 Å². The highest BCUT2D eigenvalue weighted by atomic mass is 16.6. The lowest BCUT2D eigenvalue weighted by molar-refractivity contribution is -0.150. The van der Waals surface area contributed by atoms with Gasteiger partial charge >= 0.3 is 5.97 Å². The van der Waals surface area contributed by atoms with Crippen LogP contribution in [-0.2, 0) is 14.3 Å². The van der Waals surface area contributed by atoms with Crippen LogP contribution in [0, 0.1) is 0 Å². The maximum absolute atomic E-state index is 13.3. The van der Waals surface area contributed by atoms with Crippen molar-refractivity contribution in [1.29, 1.82) is 0 Å². The fraction of sp³-hybridized carbons (Fsp3) is 0.810. The van der Waals surface area contributed by atoms with Crippen LogP contribution in [0.4, 0.5) is 0 Å². The molecule has 1 saturated carbocycles. The molecule has 3 aliphatic heterocycles. The number of amides is 1. The Morgan fingerprint density at radius 2 is 1.58 bits per heavy atom. The van der Waals surface area contributed by atoms with E-state index in [1.807, 2.05) is 4.90 Å². The molecule has 2 saturated heterocycles. The van der Waals surface area contributed by atoms with Crippen LogP contribution in [0.1, 0.15) is 71.1 Å². The van der Waals surface area contributed by atoms with Crippen molar-refractivity contribution in [3.05, 3.63) is 11.1 Å². The minimum Gasteiger partial charge on any atom is -0.451 e. The number of hydrogen-bond acceptors (Lipinski definition) is 4. The van der Waals surface area contributed by atoms with Crippen molar-refractivity contribution in [3.63, 3.8) is 0 Å². The lowest BCUT2D eigenvalue weighted by Crippen LogP contribution is -2.50. The Morgan fingerprint density at radius 3 is 2.23 bits per heavy atom. The van der Waals surface area contributed by atoms with Crippen molar-refractivity contribution < 1.29 is 14.3 Å². The summed E-state index contributed by atoms with van der Waals surface area (Å²) < 4.78 is 5.77. The van der Waals surface area contributed by atoms with Gasteiger partial charge in [-0.25, -0.2) is 4.79 Å². The monoisotopic (exact) mass is 360 g/mol. The van der Waals surface area contributed by atoms with E-state index < -0.39 is 5.60 Å². The molecule has 3 heterocycles. The van der Waals surface area contributed by atoms with E-state index in [1.54, 1.807) is 6.92 Å². The summed E-state index contributed by atoms with van der Waals surface area (Å²) in [7, 11) is 0. The van der Waals surface area contributed by atoms with E-state index in [4.69, 9.17) is 4.74 Å². The topological polar surface area (TPSA) is 49.9 Å². The molecule has 5 nitrogen and oxygen atoms in total. The number of carbonyl (C=O) groups is 2. The zero-order valence-electron chi connectivity index (χ0n) is 16.1. The Labute approximate surface area is 156 Å². The third kappa shape index (κ3) is 3.19. The van der Waals surface area contributed by atoms with Crippen LogP contribution in [0.3, 0.4) is 0 Å². The SMILES string of the molecule is CC1=C(C(=O)N2CCC(N3CCCCC3)CC2)C2(CCCCC2)OC1=O. The molecule has 1 aliphatic carbocycles. The summed E-state index contributed by atoms with van der Waals surface area (Å²) in [4.78, 5) is 30.2. The molecule has 4 aliphatic rings. The molecule has 26 heavy (non-hydrogen) atoms. The van der Waals surface area contributed by atoms with Crippen molar-refractivity contribution in [3.8, 4) is 0 Å². The second-order valence-electron chi connectivity index (χ2n) is 8.56. The second-order valence-corrected chi connectivity index (χ2v) is 8.56. The first-order chi connectivity index (χ1) is 12.6. The van der Waals surface area contributed by atoms with Gasteiger partial charge in [-0.2, -0.15) is 0 Å². The number of ether oxygens (including phenoxy) is 1. The molecule has 0 radical (unpaired) electrons. The van der Waals surface area contributed by atoms with E-state index in [2.05, 4.69) is 4.90 Å². The van der Waals surface area contributed by atoms with Gasteiger partial charge in [0.1, 0.15) is 5.60 Å². The molecule has 0 atom stereocenters. The van der Waals surface area contributed by atoms with Crippen LogP contribution < -0.4 is 0 Å². The van der Waals surface area contributed by atoms with Crippen LogP contribution in [0.2, 0.25) is 0 Å². The number of rotatable bonds is 2. The minimum absolute atomic E-state index is 0.0624. The number of carbonyl (C=O) groups excluding carboxylic acids is 2. The normalized spacial score (nSPS) is 27.9. The fourth-order valence-corrected chi connectivity index (χ4v) is 5.45. The van der Waals surface area contributed by atoms with Crippen molar-refractivity contribution in [2.24, 2.45) is 0 Å². The molecule has 0 aromatic rings. The van der Waals surface area contributed by atoms with E-state index in [0.717, 1.165) is 51.6 Å². The predicted octanol–water partition coefficient (Wildman–Crippen LogP) is 3.04. The van der Waals surface area contributed by atoms with Crippen LogP contribution >= 0.6 is 0 Å². The van der Waals surface area contributed by atoms with Gasteiger partial charge in [0.15, 0.2) is 0 Å². The maximum atomic E-state index is 13.3. The van der Waals surface area contributed by atoms with Crippen LogP contribution in [0.25, 0.3) is 0 Å². The summed E-state index contributed by atoms with van der Waals surface area (Å²) >= 11 is 0. The van der Waals surface area contributed by atoms with Gasteiger partial charge in [0.05, 0.1) is 5.57 Å². The summed E-state index contributed by atoms with van der Waals surface area (Å²) in [6.07, 6.45) is 10.9. The molecule has 1 spiro atoms. The molecule has 5 heteroatoms. The van der Waals surface area contributed by atoms with Gasteiger partial charge < -0.3 is 14.5 Å². The first kappa shape index (κ1) is 18.0. The Bertz CT molecular complexity index is 592. The molecule has 4 rings (SSSR count). The van der Waals surface area contributed by atoms with E-state index in [9.17, 15) is 9.59 Å². The zero-order chi connectivity index (χ0) is 18.1. The molecule has 0 bridgehead atoms. The number of likely N-dealkylation sites (tertiary alicyclic amines) is 2. The van der Waals surface area contributed by atoms with Crippen molar-refractivity contribution in [2.45, 2.75) is 82.8 Å². The summed E-state index contributed by atoms with van der Waals surface area (Å²) in [6.45, 7) is 5.82. The van der Waals surface area contributed by atoms with Crippen molar-refractivity contribution in [1.82, 2.24) is 9.80 Å². The van der Waals surface area contributed by atoms with Crippen LogP contribution in [0.5, 0.6) is 0 Å². The van der Waals surface area contributed by atoms with E-state index in [0.29, 0.717) is 17.2 Å². The predicted molar refractivity (Wildman–Crippen MR) is 99.6 cm³/mol. The summed E-state index contributed by atoms with van der Waals surface area (Å²) in [6, 6.07) is 0.625. The van der Waals surface area contributed by atoms with Gasteiger partial charge in [-0.1, -0.05) is 12.8 Å². The highest BCUT2D eigenvalue weighted by Gasteiger charge is 2.50. The van der Waals surface area contributed by atoms with E-state index in [-0.39, 0.29) is 11.9 Å². The van der Waals surface area contributed by atoms with E-state index in [1.165, 1.54) is 38.8 Å². The van der Waals surface area contributed by atoms with E-state index >= 15 is 0 Å². The Morgan fingerprint density at radius 1 is 0.962 bits per heavy atom. The first-order valence-electron chi connectivity index (χ1n) is 10.6. The van der Waals surface area contributed by atoms with Gasteiger partial charge in [0, 0.05) is 24.7 Å². The minimum atomic E-state index is -0.625. The standard InChI is InChI=1S/C21H32N2O3/c1-16-18(21(26-20(16)25)10-4-2-5-11-21)19(24)23-14-8-17(9-15-23)22-12-6-3-7-13-22/h17H,2-15H2,1H3. The second kappa shape index (κ2) is 7.34. The molecule has 0 aromatic carbocycles. The molecule has 144 valence electrons. The largest absolute Gasteiger partial charge is 0.451 e. The highest BCUT2D eigenvalue weighted by Crippen LogP contribution is 2.44. The quantitative estimate of drug-likeness (QED) is 0.710. The molecule has 0 unspecified atom stereocenters. The maximum Gasteiger partial charge on any atom is 0.335 e. The third-order valence-electron chi connectivity index (χ3n) is 6.96. The number of esters is 1. The van der Waals surface area contributed by atoms with Gasteiger partial charge in [-0.3, -0.25) is 4.79 Å². The first-order valence-corrected chi connectivity index (χ1v) is 10.6. The van der Waals surface area contributed by atoms with Gasteiger partial charge in [0.25, 0.3) is 5.91 Å². The molecule has 1 amide bonds. The molecular formula is C21H32N2O3. The van der Waals surface area contributed by atoms with Crippen LogP contribution in [0.15, 0.2) is 11.1 Å². The number of piperidine rings is 2. The average molecular weight is 360 g/mol.